The molecule has 0 aliphatic rings. The second-order valence-corrected chi connectivity index (χ2v) is 5.43. The molecular formula is C14H20ClF. The number of aryl methyl sites for hydroxylation is 2. The average molecular weight is 243 g/mol. The van der Waals surface area contributed by atoms with Crippen molar-refractivity contribution in [2.24, 2.45) is 11.8 Å². The molecule has 1 aromatic rings. The molecule has 0 saturated heterocycles. The van der Waals surface area contributed by atoms with Crippen LogP contribution in [-0.2, 0) is 0 Å². The van der Waals surface area contributed by atoms with E-state index >= 15 is 0 Å². The zero-order valence-electron chi connectivity index (χ0n) is 10.6. The molecule has 90 valence electrons. The first-order valence-electron chi connectivity index (χ1n) is 5.75. The van der Waals surface area contributed by atoms with Crippen LogP contribution in [0.4, 0.5) is 4.39 Å². The summed E-state index contributed by atoms with van der Waals surface area (Å²) in [7, 11) is 0. The average Bonchev–Trinajstić information content (AvgIpc) is 2.14. The maximum Gasteiger partial charge on any atom is 0.123 e. The topological polar surface area (TPSA) is 0 Å². The normalized spacial score (nSPS) is 15.2. The van der Waals surface area contributed by atoms with Crippen LogP contribution in [0.5, 0.6) is 0 Å². The fourth-order valence-electron chi connectivity index (χ4n) is 1.96. The molecule has 0 fully saturated rings. The number of hydrogen-bond acceptors (Lipinski definition) is 0. The monoisotopic (exact) mass is 242 g/mol. The highest BCUT2D eigenvalue weighted by molar-refractivity contribution is 6.21. The van der Waals surface area contributed by atoms with Gasteiger partial charge < -0.3 is 0 Å². The lowest BCUT2D eigenvalue weighted by atomic mass is 9.87. The summed E-state index contributed by atoms with van der Waals surface area (Å²) in [6, 6.07) is 3.12. The van der Waals surface area contributed by atoms with Gasteiger partial charge in [0.25, 0.3) is 0 Å². The zero-order valence-corrected chi connectivity index (χ0v) is 11.4. The Hall–Kier alpha value is -0.560. The molecule has 0 saturated carbocycles. The smallest absolute Gasteiger partial charge is 0.123 e. The fourth-order valence-corrected chi connectivity index (χ4v) is 2.59. The van der Waals surface area contributed by atoms with E-state index in [0.717, 1.165) is 16.7 Å². The molecule has 2 heteroatoms. The second kappa shape index (κ2) is 5.18. The van der Waals surface area contributed by atoms with Crippen molar-refractivity contribution in [3.05, 3.63) is 34.6 Å². The standard InChI is InChI=1S/C14H20ClF/c1-8(2)11(5)14(15)13-9(3)6-12(16)7-10(13)4/h6-8,11,14H,1-5H3. The van der Waals surface area contributed by atoms with Gasteiger partial charge in [-0.15, -0.1) is 11.6 Å². The summed E-state index contributed by atoms with van der Waals surface area (Å²) >= 11 is 6.49. The molecule has 0 heterocycles. The Balaban J connectivity index is 3.13. The van der Waals surface area contributed by atoms with Gasteiger partial charge in [0.15, 0.2) is 0 Å². The molecular weight excluding hydrogens is 223 g/mol. The highest BCUT2D eigenvalue weighted by atomic mass is 35.5. The van der Waals surface area contributed by atoms with E-state index in [9.17, 15) is 4.39 Å². The second-order valence-electron chi connectivity index (χ2n) is 4.96. The predicted molar refractivity (Wildman–Crippen MR) is 68.5 cm³/mol. The van der Waals surface area contributed by atoms with Crippen LogP contribution in [0.2, 0.25) is 0 Å². The van der Waals surface area contributed by atoms with Gasteiger partial charge in [-0.05, 0) is 54.5 Å². The molecule has 0 aromatic heterocycles. The van der Waals surface area contributed by atoms with Gasteiger partial charge in [0.2, 0.25) is 0 Å². The maximum absolute atomic E-state index is 13.2. The van der Waals surface area contributed by atoms with Crippen molar-refractivity contribution in [1.82, 2.24) is 0 Å². The van der Waals surface area contributed by atoms with Crippen LogP contribution in [0.1, 0.15) is 42.8 Å². The zero-order chi connectivity index (χ0) is 12.5. The van der Waals surface area contributed by atoms with Gasteiger partial charge >= 0.3 is 0 Å². The molecule has 16 heavy (non-hydrogen) atoms. The lowest BCUT2D eigenvalue weighted by Crippen LogP contribution is -2.13. The van der Waals surface area contributed by atoms with Crippen LogP contribution < -0.4 is 0 Å². The number of halogens is 2. The summed E-state index contributed by atoms with van der Waals surface area (Å²) in [6.45, 7) is 10.3. The predicted octanol–water partition coefficient (Wildman–Crippen LogP) is 5.01. The Morgan fingerprint density at radius 3 is 1.88 bits per heavy atom. The number of benzene rings is 1. The highest BCUT2D eigenvalue weighted by Crippen LogP contribution is 2.37. The van der Waals surface area contributed by atoms with E-state index < -0.39 is 0 Å². The first-order chi connectivity index (χ1) is 7.34. The lowest BCUT2D eigenvalue weighted by molar-refractivity contribution is 0.404. The SMILES string of the molecule is Cc1cc(F)cc(C)c1C(Cl)C(C)C(C)C. The lowest BCUT2D eigenvalue weighted by Gasteiger charge is -2.25. The van der Waals surface area contributed by atoms with Crippen LogP contribution >= 0.6 is 11.6 Å². The van der Waals surface area contributed by atoms with E-state index in [1.807, 2.05) is 13.8 Å². The van der Waals surface area contributed by atoms with E-state index in [4.69, 9.17) is 11.6 Å². The highest BCUT2D eigenvalue weighted by Gasteiger charge is 2.23. The first-order valence-corrected chi connectivity index (χ1v) is 6.19. The van der Waals surface area contributed by atoms with Crippen molar-refractivity contribution in [2.75, 3.05) is 0 Å². The third kappa shape index (κ3) is 2.76. The molecule has 0 bridgehead atoms. The van der Waals surface area contributed by atoms with Gasteiger partial charge in [-0.1, -0.05) is 20.8 Å². The van der Waals surface area contributed by atoms with Crippen molar-refractivity contribution in [1.29, 1.82) is 0 Å². The molecule has 2 atom stereocenters. The minimum absolute atomic E-state index is 0.0411. The van der Waals surface area contributed by atoms with Gasteiger partial charge in [-0.2, -0.15) is 0 Å². The third-order valence-electron chi connectivity index (χ3n) is 3.35. The van der Waals surface area contributed by atoms with Gasteiger partial charge in [-0.3, -0.25) is 0 Å². The summed E-state index contributed by atoms with van der Waals surface area (Å²) in [5.74, 6) is 0.718. The van der Waals surface area contributed by atoms with E-state index in [-0.39, 0.29) is 11.2 Å². The van der Waals surface area contributed by atoms with Crippen molar-refractivity contribution >= 4 is 11.6 Å². The van der Waals surface area contributed by atoms with Crippen LogP contribution in [0.3, 0.4) is 0 Å². The quantitative estimate of drug-likeness (QED) is 0.654. The first kappa shape index (κ1) is 13.5. The summed E-state index contributed by atoms with van der Waals surface area (Å²) < 4.78 is 13.2. The molecule has 0 nitrogen and oxygen atoms in total. The Kier molecular flexibility index (Phi) is 4.37. The number of rotatable bonds is 3. The molecule has 0 amide bonds. The molecule has 0 spiro atoms. The minimum Gasteiger partial charge on any atom is -0.207 e. The summed E-state index contributed by atoms with van der Waals surface area (Å²) in [5, 5.41) is -0.0411. The van der Waals surface area contributed by atoms with Gasteiger partial charge in [-0.25, -0.2) is 4.39 Å². The van der Waals surface area contributed by atoms with E-state index in [1.165, 1.54) is 0 Å². The van der Waals surface area contributed by atoms with E-state index in [1.54, 1.807) is 12.1 Å². The Morgan fingerprint density at radius 1 is 1.06 bits per heavy atom. The molecule has 1 rings (SSSR count). The van der Waals surface area contributed by atoms with Crippen LogP contribution in [0.15, 0.2) is 12.1 Å². The Morgan fingerprint density at radius 2 is 1.50 bits per heavy atom. The molecule has 1 aromatic carbocycles. The molecule has 0 N–H and O–H groups in total. The van der Waals surface area contributed by atoms with Crippen LogP contribution in [0.25, 0.3) is 0 Å². The van der Waals surface area contributed by atoms with Crippen molar-refractivity contribution in [3.8, 4) is 0 Å². The summed E-state index contributed by atoms with van der Waals surface area (Å²) in [5.41, 5.74) is 2.99. The maximum atomic E-state index is 13.2. The summed E-state index contributed by atoms with van der Waals surface area (Å²) in [4.78, 5) is 0. The Bertz CT molecular complexity index is 348. The van der Waals surface area contributed by atoms with Gasteiger partial charge in [0, 0.05) is 0 Å². The Labute approximate surface area is 103 Å². The van der Waals surface area contributed by atoms with Crippen molar-refractivity contribution < 1.29 is 4.39 Å². The molecule has 2 unspecified atom stereocenters. The van der Waals surface area contributed by atoms with Crippen LogP contribution in [-0.4, -0.2) is 0 Å². The molecule has 0 aliphatic heterocycles. The summed E-state index contributed by atoms with van der Waals surface area (Å²) in [6.07, 6.45) is 0. The van der Waals surface area contributed by atoms with E-state index in [2.05, 4.69) is 20.8 Å². The van der Waals surface area contributed by atoms with Crippen molar-refractivity contribution in [3.63, 3.8) is 0 Å². The van der Waals surface area contributed by atoms with Crippen LogP contribution in [0, 0.1) is 31.5 Å². The largest absolute Gasteiger partial charge is 0.207 e. The molecule has 0 radical (unpaired) electrons. The fraction of sp³-hybridized carbons (Fsp3) is 0.571. The number of alkyl halides is 1. The van der Waals surface area contributed by atoms with Gasteiger partial charge in [0.05, 0.1) is 5.38 Å². The molecule has 0 aliphatic carbocycles. The third-order valence-corrected chi connectivity index (χ3v) is 3.96. The van der Waals surface area contributed by atoms with Crippen molar-refractivity contribution in [2.45, 2.75) is 40.0 Å². The van der Waals surface area contributed by atoms with Gasteiger partial charge in [0.1, 0.15) is 5.82 Å². The van der Waals surface area contributed by atoms with E-state index in [0.29, 0.717) is 11.8 Å². The minimum atomic E-state index is -0.181. The number of hydrogen-bond donors (Lipinski definition) is 0.